The van der Waals surface area contributed by atoms with E-state index in [9.17, 15) is 17.8 Å². The number of halogens is 1. The summed E-state index contributed by atoms with van der Waals surface area (Å²) in [5.74, 6) is -0.488. The van der Waals surface area contributed by atoms with Crippen LogP contribution in [-0.2, 0) is 10.1 Å². The summed E-state index contributed by atoms with van der Waals surface area (Å²) in [7, 11) is -4.66. The summed E-state index contributed by atoms with van der Waals surface area (Å²) in [4.78, 5) is 11.8. The van der Waals surface area contributed by atoms with Gasteiger partial charge in [-0.1, -0.05) is 17.7 Å². The number of nitrogens with one attached hydrogen (secondary N) is 1. The van der Waals surface area contributed by atoms with E-state index in [2.05, 4.69) is 10.5 Å². The molecule has 0 fully saturated rings. The quantitative estimate of drug-likeness (QED) is 0.321. The molecule has 116 valence electrons. The second kappa shape index (κ2) is 8.09. The molecule has 0 atom stereocenters. The molecule has 0 bridgehead atoms. The summed E-state index contributed by atoms with van der Waals surface area (Å²) in [5, 5.41) is 3.34. The van der Waals surface area contributed by atoms with Gasteiger partial charge in [0.05, 0.1) is 6.21 Å². The first-order chi connectivity index (χ1) is 10.3. The minimum Gasteiger partial charge on any atom is -0.742 e. The molecule has 0 spiro atoms. The SMILES string of the molecule is Cc1ccc(C(=O)N/N=C/c2ccc(S(=O)(=O)[O-])o2)cc1Cl.[Na+]. The number of rotatable bonds is 4. The Kier molecular flexibility index (Phi) is 7.00. The standard InChI is InChI=1S/C13H11ClN2O5S.Na/c1-8-2-3-9(6-11(8)14)13(17)16-15-7-10-4-5-12(21-10)22(18,19)20;/h2-7H,1H3,(H,16,17)(H,18,19,20);/q;+1/p-1/b15-7+;. The Morgan fingerprint density at radius 3 is 2.61 bits per heavy atom. The van der Waals surface area contributed by atoms with E-state index in [4.69, 9.17) is 16.0 Å². The van der Waals surface area contributed by atoms with Crippen molar-refractivity contribution in [2.24, 2.45) is 5.10 Å². The molecule has 7 nitrogen and oxygen atoms in total. The fourth-order valence-corrected chi connectivity index (χ4v) is 2.10. The average Bonchev–Trinajstić information content (AvgIpc) is 2.90. The van der Waals surface area contributed by atoms with Crippen LogP contribution in [0.1, 0.15) is 21.7 Å². The van der Waals surface area contributed by atoms with Crippen LogP contribution in [0.3, 0.4) is 0 Å². The second-order valence-corrected chi connectivity index (χ2v) is 5.99. The van der Waals surface area contributed by atoms with Gasteiger partial charge in [0.25, 0.3) is 5.91 Å². The van der Waals surface area contributed by atoms with Gasteiger partial charge in [-0.15, -0.1) is 0 Å². The summed E-state index contributed by atoms with van der Waals surface area (Å²) in [5.41, 5.74) is 3.38. The third kappa shape index (κ3) is 5.45. The van der Waals surface area contributed by atoms with E-state index in [1.54, 1.807) is 19.1 Å². The van der Waals surface area contributed by atoms with Crippen molar-refractivity contribution < 1.29 is 51.7 Å². The van der Waals surface area contributed by atoms with Crippen molar-refractivity contribution in [3.63, 3.8) is 0 Å². The van der Waals surface area contributed by atoms with Gasteiger partial charge in [-0.2, -0.15) is 5.10 Å². The van der Waals surface area contributed by atoms with Gasteiger partial charge >= 0.3 is 29.6 Å². The molecule has 0 radical (unpaired) electrons. The average molecular weight is 365 g/mol. The molecule has 0 saturated carbocycles. The molecule has 0 aliphatic rings. The maximum atomic E-state index is 11.8. The van der Waals surface area contributed by atoms with E-state index in [-0.39, 0.29) is 35.3 Å². The first-order valence-electron chi connectivity index (χ1n) is 5.92. The summed E-state index contributed by atoms with van der Waals surface area (Å²) in [6.07, 6.45) is 1.07. The number of carbonyl (C=O) groups excluding carboxylic acids is 1. The molecule has 2 rings (SSSR count). The van der Waals surface area contributed by atoms with Gasteiger partial charge in [-0.3, -0.25) is 4.79 Å². The maximum absolute atomic E-state index is 11.8. The van der Waals surface area contributed by atoms with Crippen molar-refractivity contribution in [3.8, 4) is 0 Å². The third-order valence-corrected chi connectivity index (χ3v) is 3.76. The van der Waals surface area contributed by atoms with E-state index in [0.29, 0.717) is 10.6 Å². The zero-order valence-corrected chi connectivity index (χ0v) is 15.8. The Balaban J connectivity index is 0.00000264. The predicted octanol–water partition coefficient (Wildman–Crippen LogP) is -1.09. The van der Waals surface area contributed by atoms with E-state index >= 15 is 0 Å². The molecule has 23 heavy (non-hydrogen) atoms. The minimum atomic E-state index is -4.66. The number of aryl methyl sites for hydroxylation is 1. The van der Waals surface area contributed by atoms with E-state index in [1.807, 2.05) is 0 Å². The van der Waals surface area contributed by atoms with Gasteiger partial charge < -0.3 is 8.97 Å². The van der Waals surface area contributed by atoms with Crippen LogP contribution in [0.25, 0.3) is 0 Å². The van der Waals surface area contributed by atoms with Crippen LogP contribution < -0.4 is 35.0 Å². The topological polar surface area (TPSA) is 112 Å². The summed E-state index contributed by atoms with van der Waals surface area (Å²) in [6.45, 7) is 1.81. The second-order valence-electron chi connectivity index (χ2n) is 4.27. The van der Waals surface area contributed by atoms with E-state index < -0.39 is 21.1 Å². The molecule has 1 heterocycles. The number of benzene rings is 1. The van der Waals surface area contributed by atoms with Gasteiger partial charge in [-0.25, -0.2) is 13.8 Å². The first kappa shape index (κ1) is 19.9. The fraction of sp³-hybridized carbons (Fsp3) is 0.0769. The molecule has 1 aromatic heterocycles. The first-order valence-corrected chi connectivity index (χ1v) is 7.71. The molecule has 1 amide bonds. The number of carbonyl (C=O) groups is 1. The van der Waals surface area contributed by atoms with E-state index in [1.165, 1.54) is 12.1 Å². The van der Waals surface area contributed by atoms with Crippen molar-refractivity contribution in [1.82, 2.24) is 5.43 Å². The molecule has 0 aliphatic heterocycles. The van der Waals surface area contributed by atoms with Crippen molar-refractivity contribution in [3.05, 3.63) is 52.2 Å². The van der Waals surface area contributed by atoms with Gasteiger partial charge in [0.1, 0.15) is 5.76 Å². The molecular weight excluding hydrogens is 355 g/mol. The fourth-order valence-electron chi connectivity index (χ4n) is 1.49. The maximum Gasteiger partial charge on any atom is 1.00 e. The van der Waals surface area contributed by atoms with Gasteiger partial charge in [-0.05, 0) is 36.8 Å². The minimum absolute atomic E-state index is 0. The summed E-state index contributed by atoms with van der Waals surface area (Å²) >= 11 is 5.91. The molecule has 1 N–H and O–H groups in total. The van der Waals surface area contributed by atoms with Crippen molar-refractivity contribution in [2.75, 3.05) is 0 Å². The molecule has 1 aromatic carbocycles. The van der Waals surface area contributed by atoms with Crippen LogP contribution in [0.2, 0.25) is 5.02 Å². The number of furan rings is 1. The third-order valence-electron chi connectivity index (χ3n) is 2.64. The largest absolute Gasteiger partial charge is 1.00 e. The van der Waals surface area contributed by atoms with E-state index in [0.717, 1.165) is 17.8 Å². The van der Waals surface area contributed by atoms with Crippen LogP contribution in [0.15, 0.2) is 44.9 Å². The zero-order chi connectivity index (χ0) is 16.3. The Bertz CT molecular complexity index is 848. The Labute approximate surface area is 159 Å². The number of hydrogen-bond acceptors (Lipinski definition) is 6. The van der Waals surface area contributed by atoms with Gasteiger partial charge in [0.15, 0.2) is 10.1 Å². The van der Waals surface area contributed by atoms with Gasteiger partial charge in [0.2, 0.25) is 5.09 Å². The molecule has 2 aromatic rings. The van der Waals surface area contributed by atoms with Crippen LogP contribution in [0.4, 0.5) is 0 Å². The monoisotopic (exact) mass is 364 g/mol. The van der Waals surface area contributed by atoms with Crippen LogP contribution in [-0.4, -0.2) is 25.1 Å². The van der Waals surface area contributed by atoms with Crippen molar-refractivity contribution >= 4 is 33.8 Å². The Morgan fingerprint density at radius 2 is 2.04 bits per heavy atom. The summed E-state index contributed by atoms with van der Waals surface area (Å²) < 4.78 is 36.8. The Hall–Kier alpha value is -1.16. The predicted molar refractivity (Wildman–Crippen MR) is 77.9 cm³/mol. The molecule has 0 saturated heterocycles. The number of hydrazone groups is 1. The Morgan fingerprint density at radius 1 is 1.35 bits per heavy atom. The number of amides is 1. The number of nitrogens with zero attached hydrogens (tertiary/aromatic N) is 1. The normalized spacial score (nSPS) is 11.3. The van der Waals surface area contributed by atoms with Crippen LogP contribution in [0, 0.1) is 6.92 Å². The van der Waals surface area contributed by atoms with Gasteiger partial charge in [0, 0.05) is 10.6 Å². The van der Waals surface area contributed by atoms with Crippen LogP contribution >= 0.6 is 11.6 Å². The number of hydrogen-bond donors (Lipinski definition) is 1. The van der Waals surface area contributed by atoms with Crippen LogP contribution in [0.5, 0.6) is 0 Å². The molecular formula is C13H10ClN2NaO5S. The molecule has 0 aliphatic carbocycles. The summed E-state index contributed by atoms with van der Waals surface area (Å²) in [6, 6.07) is 7.02. The zero-order valence-electron chi connectivity index (χ0n) is 12.2. The molecule has 0 unspecified atom stereocenters. The van der Waals surface area contributed by atoms with Crippen molar-refractivity contribution in [1.29, 1.82) is 0 Å². The molecule has 10 heteroatoms. The van der Waals surface area contributed by atoms with Crippen molar-refractivity contribution in [2.45, 2.75) is 12.0 Å². The smallest absolute Gasteiger partial charge is 0.742 e.